The zero-order valence-electron chi connectivity index (χ0n) is 14.9. The molecule has 3 aromatic rings. The number of carbonyl (C=O) groups is 1. The lowest BCUT2D eigenvalue weighted by atomic mass is 9.98. The maximum atomic E-state index is 13.3. The normalized spacial score (nSPS) is 17.2. The van der Waals surface area contributed by atoms with Crippen LogP contribution in [0.5, 0.6) is 0 Å². The van der Waals surface area contributed by atoms with Crippen LogP contribution < -0.4 is 0 Å². The van der Waals surface area contributed by atoms with Gasteiger partial charge < -0.3 is 13.9 Å². The number of hydrogen-bond donors (Lipinski definition) is 0. The van der Waals surface area contributed by atoms with E-state index in [2.05, 4.69) is 9.97 Å². The predicted molar refractivity (Wildman–Crippen MR) is 96.5 cm³/mol. The van der Waals surface area contributed by atoms with Crippen molar-refractivity contribution in [2.45, 2.75) is 31.7 Å². The molecule has 6 nitrogen and oxygen atoms in total. The number of amides is 1. The van der Waals surface area contributed by atoms with Gasteiger partial charge in [-0.25, -0.2) is 14.4 Å². The van der Waals surface area contributed by atoms with Crippen LogP contribution in [0.2, 0.25) is 0 Å². The summed E-state index contributed by atoms with van der Waals surface area (Å²) in [4.78, 5) is 22.8. The van der Waals surface area contributed by atoms with E-state index in [4.69, 9.17) is 4.42 Å². The Bertz CT molecular complexity index is 906. The van der Waals surface area contributed by atoms with Gasteiger partial charge in [0.2, 0.25) is 5.91 Å². The van der Waals surface area contributed by atoms with Crippen LogP contribution in [0.3, 0.4) is 0 Å². The highest BCUT2D eigenvalue weighted by atomic mass is 19.1. The summed E-state index contributed by atoms with van der Waals surface area (Å²) in [7, 11) is 0. The van der Waals surface area contributed by atoms with Crippen LogP contribution in [0.15, 0.2) is 53.6 Å². The monoisotopic (exact) mass is 368 g/mol. The van der Waals surface area contributed by atoms with E-state index >= 15 is 0 Å². The van der Waals surface area contributed by atoms with Crippen molar-refractivity contribution in [1.82, 2.24) is 19.4 Å². The van der Waals surface area contributed by atoms with Crippen LogP contribution in [0, 0.1) is 5.82 Å². The Labute approximate surface area is 156 Å². The molecule has 0 aliphatic carbocycles. The molecular weight excluding hydrogens is 347 g/mol. The van der Waals surface area contributed by atoms with Crippen molar-refractivity contribution in [3.05, 3.63) is 72.2 Å². The van der Waals surface area contributed by atoms with Gasteiger partial charge in [0.1, 0.15) is 18.1 Å². The van der Waals surface area contributed by atoms with E-state index in [1.807, 2.05) is 11.0 Å². The average Bonchev–Trinajstić information content (AvgIpc) is 3.34. The number of benzene rings is 1. The molecule has 1 aromatic carbocycles. The Balaban J connectivity index is 1.39. The molecule has 0 saturated carbocycles. The third kappa shape index (κ3) is 4.24. The molecule has 0 N–H and O–H groups in total. The summed E-state index contributed by atoms with van der Waals surface area (Å²) < 4.78 is 21.0. The van der Waals surface area contributed by atoms with Gasteiger partial charge in [-0.1, -0.05) is 12.1 Å². The Hall–Kier alpha value is -2.96. The zero-order valence-corrected chi connectivity index (χ0v) is 14.9. The van der Waals surface area contributed by atoms with Crippen LogP contribution in [0.4, 0.5) is 4.39 Å². The fourth-order valence-electron chi connectivity index (χ4n) is 3.48. The second kappa shape index (κ2) is 7.73. The number of piperidine rings is 1. The Morgan fingerprint density at radius 2 is 2.30 bits per heavy atom. The van der Waals surface area contributed by atoms with Crippen LogP contribution in [-0.4, -0.2) is 38.4 Å². The van der Waals surface area contributed by atoms with E-state index in [9.17, 15) is 9.18 Å². The van der Waals surface area contributed by atoms with Gasteiger partial charge in [0.05, 0.1) is 18.4 Å². The molecule has 0 bridgehead atoms. The molecule has 0 unspecified atom stereocenters. The minimum absolute atomic E-state index is 0.0734. The van der Waals surface area contributed by atoms with Gasteiger partial charge in [0.15, 0.2) is 5.89 Å². The first-order valence-electron chi connectivity index (χ1n) is 9.10. The van der Waals surface area contributed by atoms with Gasteiger partial charge in [-0.05, 0) is 30.5 Å². The lowest BCUT2D eigenvalue weighted by Crippen LogP contribution is -2.40. The number of rotatable bonds is 5. The largest absolute Gasteiger partial charge is 0.445 e. The fraction of sp³-hybridized carbons (Fsp3) is 0.350. The summed E-state index contributed by atoms with van der Waals surface area (Å²) in [6, 6.07) is 6.47. The third-order valence-corrected chi connectivity index (χ3v) is 4.84. The number of carbonyl (C=O) groups excluding carboxylic acids is 1. The van der Waals surface area contributed by atoms with Crippen molar-refractivity contribution >= 4 is 5.91 Å². The van der Waals surface area contributed by atoms with Crippen molar-refractivity contribution in [2.75, 3.05) is 13.1 Å². The first kappa shape index (κ1) is 17.5. The second-order valence-corrected chi connectivity index (χ2v) is 6.89. The molecule has 1 amide bonds. The van der Waals surface area contributed by atoms with Crippen LogP contribution in [-0.2, 0) is 17.8 Å². The van der Waals surface area contributed by atoms with Gasteiger partial charge >= 0.3 is 0 Å². The lowest BCUT2D eigenvalue weighted by molar-refractivity contribution is -0.133. The summed E-state index contributed by atoms with van der Waals surface area (Å²) in [5.74, 6) is 1.27. The molecule has 2 aromatic heterocycles. The van der Waals surface area contributed by atoms with Gasteiger partial charge in [-0.3, -0.25) is 4.79 Å². The van der Waals surface area contributed by atoms with Gasteiger partial charge in [0, 0.05) is 31.9 Å². The number of halogens is 1. The van der Waals surface area contributed by atoms with Gasteiger partial charge in [-0.15, -0.1) is 0 Å². The van der Waals surface area contributed by atoms with E-state index in [0.29, 0.717) is 31.2 Å². The van der Waals surface area contributed by atoms with Crippen LogP contribution in [0.25, 0.3) is 0 Å². The van der Waals surface area contributed by atoms with Crippen molar-refractivity contribution in [3.63, 3.8) is 0 Å². The Morgan fingerprint density at radius 1 is 1.37 bits per heavy atom. The lowest BCUT2D eigenvalue weighted by Gasteiger charge is -2.31. The van der Waals surface area contributed by atoms with Crippen LogP contribution >= 0.6 is 0 Å². The fourth-order valence-corrected chi connectivity index (χ4v) is 3.48. The molecule has 1 fully saturated rings. The number of oxazole rings is 1. The molecule has 0 radical (unpaired) electrons. The minimum atomic E-state index is -0.258. The first-order valence-corrected chi connectivity index (χ1v) is 9.10. The molecule has 1 atom stereocenters. The molecule has 3 heterocycles. The highest BCUT2D eigenvalue weighted by Crippen LogP contribution is 2.27. The Kier molecular flexibility index (Phi) is 5.00. The minimum Gasteiger partial charge on any atom is -0.445 e. The Morgan fingerprint density at radius 3 is 3.11 bits per heavy atom. The number of hydrogen-bond acceptors (Lipinski definition) is 4. The van der Waals surface area contributed by atoms with E-state index < -0.39 is 0 Å². The summed E-state index contributed by atoms with van der Waals surface area (Å²) in [6.07, 6.45) is 9.15. The topological polar surface area (TPSA) is 64.2 Å². The van der Waals surface area contributed by atoms with E-state index in [1.165, 1.54) is 12.1 Å². The molecule has 1 aliphatic heterocycles. The highest BCUT2D eigenvalue weighted by Gasteiger charge is 2.27. The number of nitrogens with zero attached hydrogens (tertiary/aromatic N) is 4. The van der Waals surface area contributed by atoms with Crippen molar-refractivity contribution in [1.29, 1.82) is 0 Å². The molecule has 1 aliphatic rings. The third-order valence-electron chi connectivity index (χ3n) is 4.84. The maximum Gasteiger partial charge on any atom is 0.242 e. The number of likely N-dealkylation sites (tertiary alicyclic amines) is 1. The molecule has 0 spiro atoms. The summed E-state index contributed by atoms with van der Waals surface area (Å²) >= 11 is 0. The SMILES string of the molecule is O=C(Cn1ccnc1)N1CCC[C@@H](c2ncc(Cc3cccc(F)c3)o2)C1. The van der Waals surface area contributed by atoms with Crippen LogP contribution in [0.1, 0.15) is 36.0 Å². The average molecular weight is 368 g/mol. The van der Waals surface area contributed by atoms with E-state index in [-0.39, 0.29) is 17.6 Å². The van der Waals surface area contributed by atoms with Crippen molar-refractivity contribution in [3.8, 4) is 0 Å². The quantitative estimate of drug-likeness (QED) is 0.694. The first-order chi connectivity index (χ1) is 13.2. The predicted octanol–water partition coefficient (Wildman–Crippen LogP) is 3.01. The molecular formula is C20H21FN4O2. The zero-order chi connectivity index (χ0) is 18.6. The highest BCUT2D eigenvalue weighted by molar-refractivity contribution is 5.76. The van der Waals surface area contributed by atoms with E-state index in [0.717, 1.165) is 24.9 Å². The molecule has 1 saturated heterocycles. The standard InChI is InChI=1S/C20H21FN4O2/c21-17-5-1-3-15(9-17)10-18-11-23-20(27-18)16-4-2-7-25(12-16)19(26)13-24-8-6-22-14-24/h1,3,5-6,8-9,11,14,16H,2,4,7,10,12-13H2/t16-/m1/s1. The molecule has 4 rings (SSSR count). The number of imidazole rings is 1. The van der Waals surface area contributed by atoms with Crippen molar-refractivity contribution in [2.24, 2.45) is 0 Å². The smallest absolute Gasteiger partial charge is 0.242 e. The van der Waals surface area contributed by atoms with Gasteiger partial charge in [0.25, 0.3) is 0 Å². The summed E-state index contributed by atoms with van der Waals surface area (Å²) in [5, 5.41) is 0. The molecule has 27 heavy (non-hydrogen) atoms. The molecule has 140 valence electrons. The molecule has 7 heteroatoms. The number of aromatic nitrogens is 3. The maximum absolute atomic E-state index is 13.3. The van der Waals surface area contributed by atoms with Gasteiger partial charge in [-0.2, -0.15) is 0 Å². The van der Waals surface area contributed by atoms with E-state index in [1.54, 1.807) is 35.6 Å². The second-order valence-electron chi connectivity index (χ2n) is 6.89. The summed E-state index contributed by atoms with van der Waals surface area (Å²) in [5.41, 5.74) is 0.846. The van der Waals surface area contributed by atoms with Crippen molar-refractivity contribution < 1.29 is 13.6 Å². The summed E-state index contributed by atoms with van der Waals surface area (Å²) in [6.45, 7) is 1.65.